The summed E-state index contributed by atoms with van der Waals surface area (Å²) in [4.78, 5) is 4.19. The molecular formula is C7H13N3S. The highest BCUT2D eigenvalue weighted by Gasteiger charge is 2.43. The van der Waals surface area contributed by atoms with Crippen molar-refractivity contribution in [3.8, 4) is 0 Å². The second-order valence-corrected chi connectivity index (χ2v) is 4.43. The molecule has 0 radical (unpaired) electrons. The molecule has 0 amide bonds. The number of guanidine groups is 1. The molecule has 0 bridgehead atoms. The lowest BCUT2D eigenvalue weighted by Crippen LogP contribution is -2.52. The van der Waals surface area contributed by atoms with Crippen LogP contribution in [0.15, 0.2) is 4.99 Å². The lowest BCUT2D eigenvalue weighted by molar-refractivity contribution is 0.359. The second kappa shape index (κ2) is 2.30. The highest BCUT2D eigenvalue weighted by molar-refractivity contribution is 7.99. The summed E-state index contributed by atoms with van der Waals surface area (Å²) in [6.45, 7) is 3.13. The minimum Gasteiger partial charge on any atom is -0.370 e. The third-order valence-corrected chi connectivity index (χ3v) is 4.03. The van der Waals surface area contributed by atoms with Crippen LogP contribution in [0.5, 0.6) is 0 Å². The summed E-state index contributed by atoms with van der Waals surface area (Å²) in [5, 5.41) is 3.29. The van der Waals surface area contributed by atoms with E-state index < -0.39 is 0 Å². The topological polar surface area (TPSA) is 50.4 Å². The zero-order valence-corrected chi connectivity index (χ0v) is 7.45. The van der Waals surface area contributed by atoms with E-state index in [-0.39, 0.29) is 5.54 Å². The van der Waals surface area contributed by atoms with Crippen LogP contribution in [-0.2, 0) is 0 Å². The smallest absolute Gasteiger partial charge is 0.189 e. The van der Waals surface area contributed by atoms with Crippen molar-refractivity contribution < 1.29 is 0 Å². The predicted octanol–water partition coefficient (Wildman–Crippen LogP) is 0.0260. The average Bonchev–Trinajstić information content (AvgIpc) is 2.46. The van der Waals surface area contributed by atoms with Gasteiger partial charge in [0.2, 0.25) is 0 Å². The van der Waals surface area contributed by atoms with E-state index in [0.29, 0.717) is 11.9 Å². The van der Waals surface area contributed by atoms with Gasteiger partial charge in [0.1, 0.15) is 0 Å². The maximum absolute atomic E-state index is 5.58. The SMILES string of the molecule is CC1CSCC12CN=C(N)N2. The number of aliphatic imine (C=N–C) groups is 1. The largest absolute Gasteiger partial charge is 0.370 e. The average molecular weight is 171 g/mol. The van der Waals surface area contributed by atoms with E-state index >= 15 is 0 Å². The number of thioether (sulfide) groups is 1. The van der Waals surface area contributed by atoms with E-state index in [0.717, 1.165) is 12.3 Å². The number of nitrogens with one attached hydrogen (secondary N) is 1. The van der Waals surface area contributed by atoms with Crippen molar-refractivity contribution >= 4 is 17.7 Å². The fraction of sp³-hybridized carbons (Fsp3) is 0.857. The van der Waals surface area contributed by atoms with Crippen LogP contribution in [0.3, 0.4) is 0 Å². The molecule has 2 aliphatic heterocycles. The molecule has 2 heterocycles. The first kappa shape index (κ1) is 7.28. The molecule has 4 heteroatoms. The zero-order chi connectivity index (χ0) is 7.90. The Bertz CT molecular complexity index is 204. The molecule has 11 heavy (non-hydrogen) atoms. The van der Waals surface area contributed by atoms with Crippen LogP contribution in [0.25, 0.3) is 0 Å². The van der Waals surface area contributed by atoms with Crippen molar-refractivity contribution in [2.24, 2.45) is 16.6 Å². The van der Waals surface area contributed by atoms with Crippen LogP contribution in [0.2, 0.25) is 0 Å². The van der Waals surface area contributed by atoms with Gasteiger partial charge in [0.25, 0.3) is 0 Å². The summed E-state index contributed by atoms with van der Waals surface area (Å²) in [7, 11) is 0. The van der Waals surface area contributed by atoms with Gasteiger partial charge in [-0.3, -0.25) is 4.99 Å². The van der Waals surface area contributed by atoms with Crippen LogP contribution in [-0.4, -0.2) is 29.5 Å². The van der Waals surface area contributed by atoms with Crippen molar-refractivity contribution in [3.63, 3.8) is 0 Å². The van der Waals surface area contributed by atoms with Crippen LogP contribution in [0.4, 0.5) is 0 Å². The second-order valence-electron chi connectivity index (χ2n) is 3.40. The summed E-state index contributed by atoms with van der Waals surface area (Å²) in [5.41, 5.74) is 5.78. The van der Waals surface area contributed by atoms with Crippen LogP contribution >= 0.6 is 11.8 Å². The van der Waals surface area contributed by atoms with E-state index in [1.165, 1.54) is 5.75 Å². The van der Waals surface area contributed by atoms with Crippen LogP contribution < -0.4 is 11.1 Å². The first-order chi connectivity index (χ1) is 5.23. The van der Waals surface area contributed by atoms with E-state index in [9.17, 15) is 0 Å². The molecule has 1 spiro atoms. The maximum atomic E-state index is 5.58. The fourth-order valence-electron chi connectivity index (χ4n) is 1.64. The zero-order valence-electron chi connectivity index (χ0n) is 6.63. The van der Waals surface area contributed by atoms with Crippen molar-refractivity contribution in [2.45, 2.75) is 12.5 Å². The molecule has 3 N–H and O–H groups in total. The molecule has 2 atom stereocenters. The molecule has 0 aromatic carbocycles. The Hall–Kier alpha value is -0.380. The number of hydrogen-bond donors (Lipinski definition) is 2. The van der Waals surface area contributed by atoms with Crippen LogP contribution in [0.1, 0.15) is 6.92 Å². The monoisotopic (exact) mass is 171 g/mol. The van der Waals surface area contributed by atoms with Gasteiger partial charge >= 0.3 is 0 Å². The van der Waals surface area contributed by atoms with Crippen LogP contribution in [0, 0.1) is 5.92 Å². The highest BCUT2D eigenvalue weighted by atomic mass is 32.2. The molecule has 0 aromatic heterocycles. The number of nitrogens with two attached hydrogens (primary N) is 1. The van der Waals surface area contributed by atoms with Crippen molar-refractivity contribution in [2.75, 3.05) is 18.1 Å². The van der Waals surface area contributed by atoms with E-state index in [1.807, 2.05) is 11.8 Å². The number of hydrogen-bond acceptors (Lipinski definition) is 4. The molecule has 0 saturated carbocycles. The molecule has 62 valence electrons. The quantitative estimate of drug-likeness (QED) is 0.540. The predicted molar refractivity (Wildman–Crippen MR) is 48.8 cm³/mol. The van der Waals surface area contributed by atoms with E-state index in [1.54, 1.807) is 0 Å². The summed E-state index contributed by atoms with van der Waals surface area (Å²) < 4.78 is 0. The van der Waals surface area contributed by atoms with Gasteiger partial charge in [0.15, 0.2) is 5.96 Å². The molecule has 0 aromatic rings. The number of nitrogens with zero attached hydrogens (tertiary/aromatic N) is 1. The molecule has 1 fully saturated rings. The fourth-order valence-corrected chi connectivity index (χ4v) is 3.24. The minimum absolute atomic E-state index is 0.203. The molecule has 1 saturated heterocycles. The molecule has 0 aliphatic carbocycles. The first-order valence-electron chi connectivity index (χ1n) is 3.89. The summed E-state index contributed by atoms with van der Waals surface area (Å²) in [5.74, 6) is 3.70. The van der Waals surface area contributed by atoms with Crippen molar-refractivity contribution in [1.82, 2.24) is 5.32 Å². The standard InChI is InChI=1S/C7H13N3S/c1-5-2-11-4-7(5)3-9-6(8)10-7/h5H,2-4H2,1H3,(H3,8,9,10). The minimum atomic E-state index is 0.203. The van der Waals surface area contributed by atoms with E-state index in [2.05, 4.69) is 17.2 Å². The Morgan fingerprint density at radius 3 is 3.09 bits per heavy atom. The van der Waals surface area contributed by atoms with Gasteiger partial charge in [-0.15, -0.1) is 0 Å². The summed E-state index contributed by atoms with van der Waals surface area (Å²) in [6.07, 6.45) is 0. The first-order valence-corrected chi connectivity index (χ1v) is 5.04. The van der Waals surface area contributed by atoms with Gasteiger partial charge < -0.3 is 11.1 Å². The molecule has 3 nitrogen and oxygen atoms in total. The Labute approximate surface area is 70.8 Å². The Morgan fingerprint density at radius 2 is 2.64 bits per heavy atom. The van der Waals surface area contributed by atoms with Gasteiger partial charge in [0.05, 0.1) is 12.1 Å². The lowest BCUT2D eigenvalue weighted by atomic mass is 9.89. The Kier molecular flexibility index (Phi) is 1.52. The summed E-state index contributed by atoms with van der Waals surface area (Å²) in [6, 6.07) is 0. The van der Waals surface area contributed by atoms with Gasteiger partial charge in [-0.05, 0) is 11.7 Å². The van der Waals surface area contributed by atoms with Crippen molar-refractivity contribution in [1.29, 1.82) is 0 Å². The Balaban J connectivity index is 2.13. The lowest BCUT2D eigenvalue weighted by Gasteiger charge is -2.27. The molecule has 2 unspecified atom stereocenters. The maximum Gasteiger partial charge on any atom is 0.189 e. The Morgan fingerprint density at radius 1 is 1.82 bits per heavy atom. The number of rotatable bonds is 0. The molecule has 2 aliphatic rings. The normalized spacial score (nSPS) is 42.6. The third-order valence-electron chi connectivity index (χ3n) is 2.58. The van der Waals surface area contributed by atoms with Gasteiger partial charge in [-0.25, -0.2) is 0 Å². The third kappa shape index (κ3) is 1.00. The highest BCUT2D eigenvalue weighted by Crippen LogP contribution is 2.35. The molecule has 2 rings (SSSR count). The van der Waals surface area contributed by atoms with E-state index in [4.69, 9.17) is 5.73 Å². The van der Waals surface area contributed by atoms with Gasteiger partial charge in [-0.2, -0.15) is 11.8 Å². The summed E-state index contributed by atoms with van der Waals surface area (Å²) >= 11 is 1.99. The van der Waals surface area contributed by atoms with Gasteiger partial charge in [0, 0.05) is 5.75 Å². The van der Waals surface area contributed by atoms with Gasteiger partial charge in [-0.1, -0.05) is 6.92 Å². The molecular weight excluding hydrogens is 158 g/mol. The van der Waals surface area contributed by atoms with Crippen molar-refractivity contribution in [3.05, 3.63) is 0 Å².